The van der Waals surface area contributed by atoms with Gasteiger partial charge in [0.15, 0.2) is 11.0 Å². The number of carbonyl (C=O) groups excluding carboxylic acids is 1. The molecule has 1 atom stereocenters. The van der Waals surface area contributed by atoms with Gasteiger partial charge in [0.1, 0.15) is 0 Å². The molecule has 2 rings (SSSR count). The van der Waals surface area contributed by atoms with E-state index in [0.29, 0.717) is 17.6 Å². The van der Waals surface area contributed by atoms with Crippen molar-refractivity contribution in [2.45, 2.75) is 93.5 Å². The van der Waals surface area contributed by atoms with E-state index in [-0.39, 0.29) is 11.7 Å². The van der Waals surface area contributed by atoms with Crippen LogP contribution in [0.2, 0.25) is 0 Å². The summed E-state index contributed by atoms with van der Waals surface area (Å²) in [5, 5.41) is 8.53. The lowest BCUT2D eigenvalue weighted by Gasteiger charge is -2.19. The molecule has 7 nitrogen and oxygen atoms in total. The maximum absolute atomic E-state index is 12.5. The Bertz CT molecular complexity index is 1010. The number of nitrogens with zero attached hydrogens (tertiary/aromatic N) is 2. The summed E-state index contributed by atoms with van der Waals surface area (Å²) in [5.74, 6) is 2.49. The van der Waals surface area contributed by atoms with Gasteiger partial charge < -0.3 is 22.1 Å². The van der Waals surface area contributed by atoms with Gasteiger partial charge in [0.05, 0.1) is 16.4 Å². The Hall–Kier alpha value is -2.20. The first-order valence-corrected chi connectivity index (χ1v) is 17.7. The van der Waals surface area contributed by atoms with E-state index in [2.05, 4.69) is 64.8 Å². The van der Waals surface area contributed by atoms with Crippen LogP contribution in [-0.2, 0) is 6.42 Å². The number of thioether (sulfide) groups is 1. The second-order valence-electron chi connectivity index (χ2n) is 8.88. The number of thiazole rings is 1. The van der Waals surface area contributed by atoms with Crippen molar-refractivity contribution in [3.05, 3.63) is 50.8 Å². The van der Waals surface area contributed by atoms with E-state index in [1.807, 2.05) is 65.5 Å². The molecule has 0 bridgehead atoms. The number of nitrogens with one attached hydrogen (secondary N) is 2. The van der Waals surface area contributed by atoms with Gasteiger partial charge in [-0.05, 0) is 57.4 Å². The summed E-state index contributed by atoms with van der Waals surface area (Å²) in [4.78, 5) is 20.8. The van der Waals surface area contributed by atoms with Crippen molar-refractivity contribution in [1.29, 1.82) is 0 Å². The van der Waals surface area contributed by atoms with Crippen LogP contribution in [0.5, 0.6) is 0 Å². The molecule has 1 aromatic carbocycles. The van der Waals surface area contributed by atoms with Gasteiger partial charge in [0.2, 0.25) is 5.78 Å². The lowest BCUT2D eigenvalue weighted by atomic mass is 10.1. The highest BCUT2D eigenvalue weighted by molar-refractivity contribution is 7.99. The number of carbonyl (C=O) groups is 1. The number of hydrogen-bond donors (Lipinski definition) is 4. The minimum Gasteiger partial charge on any atom is -0.370 e. The van der Waals surface area contributed by atoms with Crippen molar-refractivity contribution in [1.82, 2.24) is 15.6 Å². The largest absolute Gasteiger partial charge is 0.370 e. The lowest BCUT2D eigenvalue weighted by molar-refractivity contribution is 0.0990. The first-order valence-electron chi connectivity index (χ1n) is 15.7. The molecule has 0 aliphatic rings. The third kappa shape index (κ3) is 21.5. The van der Waals surface area contributed by atoms with Crippen LogP contribution in [0, 0.1) is 0 Å². The minimum absolute atomic E-state index is 0.0697. The van der Waals surface area contributed by atoms with Gasteiger partial charge >= 0.3 is 0 Å². The Kier molecular flexibility index (Phi) is 30.2. The molecular weight excluding hydrogens is 561 g/mol. The van der Waals surface area contributed by atoms with Crippen LogP contribution in [0.15, 0.2) is 35.3 Å². The number of Topliss-reactive ketones (excluding diaryl/α,β-unsaturated/α-hetero) is 1. The zero-order valence-corrected chi connectivity index (χ0v) is 29.3. The van der Waals surface area contributed by atoms with E-state index < -0.39 is 0 Å². The summed E-state index contributed by atoms with van der Waals surface area (Å²) in [6, 6.07) is 11.0. The lowest BCUT2D eigenvalue weighted by Crippen LogP contribution is -2.42. The zero-order valence-electron chi connectivity index (χ0n) is 27.7. The van der Waals surface area contributed by atoms with Gasteiger partial charge in [-0.25, -0.2) is 4.98 Å². The van der Waals surface area contributed by atoms with Crippen LogP contribution in [0.4, 0.5) is 0 Å². The van der Waals surface area contributed by atoms with Gasteiger partial charge in [-0.2, -0.15) is 11.8 Å². The highest BCUT2D eigenvalue weighted by Gasteiger charge is 2.13. The zero-order chi connectivity index (χ0) is 32.0. The Labute approximate surface area is 265 Å². The number of unbranched alkanes of at least 4 members (excludes halogenated alkanes) is 1. The molecule has 42 heavy (non-hydrogen) atoms. The third-order valence-corrected chi connectivity index (χ3v) is 8.04. The van der Waals surface area contributed by atoms with Crippen molar-refractivity contribution in [2.75, 3.05) is 37.7 Å². The second-order valence-corrected chi connectivity index (χ2v) is 11.1. The molecule has 0 spiro atoms. The normalized spacial score (nSPS) is 11.7. The number of guanidine groups is 1. The molecule has 0 fully saturated rings. The van der Waals surface area contributed by atoms with E-state index >= 15 is 0 Å². The number of hydrogen-bond acceptors (Lipinski definition) is 7. The molecule has 1 heterocycles. The van der Waals surface area contributed by atoms with Gasteiger partial charge in [0, 0.05) is 24.9 Å². The van der Waals surface area contributed by atoms with Gasteiger partial charge in [-0.3, -0.25) is 9.79 Å². The smallest absolute Gasteiger partial charge is 0.205 e. The van der Waals surface area contributed by atoms with E-state index in [0.717, 1.165) is 61.0 Å². The van der Waals surface area contributed by atoms with Crippen molar-refractivity contribution < 1.29 is 4.79 Å². The summed E-state index contributed by atoms with van der Waals surface area (Å²) in [5.41, 5.74) is 11.5. The van der Waals surface area contributed by atoms with Crippen LogP contribution in [0.25, 0.3) is 12.2 Å². The number of rotatable bonds is 17. The van der Waals surface area contributed by atoms with Crippen molar-refractivity contribution in [3.8, 4) is 0 Å². The molecule has 1 aromatic heterocycles. The van der Waals surface area contributed by atoms with Crippen LogP contribution >= 0.6 is 23.1 Å². The maximum atomic E-state index is 12.5. The molecule has 9 heteroatoms. The monoisotopic (exact) mass is 620 g/mol. The molecule has 0 saturated carbocycles. The number of aromatic nitrogens is 1. The average molecular weight is 621 g/mol. The summed E-state index contributed by atoms with van der Waals surface area (Å²) >= 11 is 3.45. The standard InChI is InChI=1S/C24H35N3OS2.C5H13N3.2C2H6/c1-4-15-29-18-20(26-14-10-13-19-11-8-7-9-12-19)16-25-17-22(28)24-27-21(5-2)23(6-3)30-24;1-2-3-4-8-5(6)7;2*1-2/h5-9,11-12,20,25-26H,4,10,13-18H2,1-3H3;2-4H2,1H3,(H4,6,7,8);2*1-2H3/b21-5+,23-6+;;;. The third-order valence-electron chi connectivity index (χ3n) is 5.52. The topological polar surface area (TPSA) is 118 Å². The number of aliphatic imine (C=N–C) groups is 1. The van der Waals surface area contributed by atoms with Crippen molar-refractivity contribution >= 4 is 47.0 Å². The minimum atomic E-state index is 0.0697. The fraction of sp³-hybridized carbons (Fsp3) is 0.606. The Morgan fingerprint density at radius 3 is 2.29 bits per heavy atom. The molecule has 2 aromatic rings. The molecule has 0 aliphatic heterocycles. The average Bonchev–Trinajstić information content (AvgIpc) is 3.46. The molecule has 0 radical (unpaired) electrons. The van der Waals surface area contributed by atoms with Gasteiger partial charge in [0.25, 0.3) is 0 Å². The number of benzene rings is 1. The first kappa shape index (κ1) is 41.9. The fourth-order valence-corrected chi connectivity index (χ4v) is 5.38. The molecule has 0 saturated heterocycles. The summed E-state index contributed by atoms with van der Waals surface area (Å²) < 4.78 is 1.06. The van der Waals surface area contributed by atoms with Gasteiger partial charge in [-0.15, -0.1) is 11.3 Å². The van der Waals surface area contributed by atoms with Gasteiger partial charge in [-0.1, -0.05) is 90.4 Å². The number of ketones is 1. The first-order chi connectivity index (χ1) is 20.4. The molecular formula is C33H60N6OS2. The maximum Gasteiger partial charge on any atom is 0.205 e. The number of aryl methyl sites for hydroxylation is 1. The summed E-state index contributed by atoms with van der Waals surface area (Å²) in [6.45, 7) is 19.1. The highest BCUT2D eigenvalue weighted by atomic mass is 32.2. The molecule has 0 amide bonds. The van der Waals surface area contributed by atoms with Crippen LogP contribution in [-0.4, -0.2) is 60.5 Å². The fourth-order valence-electron chi connectivity index (χ4n) is 3.48. The Balaban J connectivity index is 0. The van der Waals surface area contributed by atoms with E-state index in [1.165, 1.54) is 29.1 Å². The Morgan fingerprint density at radius 2 is 1.74 bits per heavy atom. The molecule has 0 aliphatic carbocycles. The second kappa shape index (κ2) is 30.3. The van der Waals surface area contributed by atoms with Crippen LogP contribution in [0.3, 0.4) is 0 Å². The van der Waals surface area contributed by atoms with Crippen LogP contribution in [0.1, 0.15) is 96.4 Å². The van der Waals surface area contributed by atoms with E-state index in [1.54, 1.807) is 0 Å². The SMILES string of the molecule is C/C=c1/nc(C(=O)CNCC(CSCCC)NCCCc2ccccc2)s/c1=C/C.CC.CC.CCCCN=C(N)N. The molecule has 6 N–H and O–H groups in total. The predicted molar refractivity (Wildman–Crippen MR) is 191 cm³/mol. The van der Waals surface area contributed by atoms with Crippen molar-refractivity contribution in [3.63, 3.8) is 0 Å². The van der Waals surface area contributed by atoms with E-state index in [9.17, 15) is 4.79 Å². The molecule has 240 valence electrons. The van der Waals surface area contributed by atoms with Crippen LogP contribution < -0.4 is 32.0 Å². The molecule has 1 unspecified atom stereocenters. The van der Waals surface area contributed by atoms with Crippen molar-refractivity contribution in [2.24, 2.45) is 16.5 Å². The number of nitrogens with two attached hydrogens (primary N) is 2. The van der Waals surface area contributed by atoms with E-state index in [4.69, 9.17) is 11.5 Å². The predicted octanol–water partition coefficient (Wildman–Crippen LogP) is 5.36. The Morgan fingerprint density at radius 1 is 1.05 bits per heavy atom. The highest BCUT2D eigenvalue weighted by Crippen LogP contribution is 2.06. The summed E-state index contributed by atoms with van der Waals surface area (Å²) in [7, 11) is 0. The summed E-state index contributed by atoms with van der Waals surface area (Å²) in [6.07, 6.45) is 9.56. The quantitative estimate of drug-likeness (QED) is 0.0814.